The lowest BCUT2D eigenvalue weighted by atomic mass is 10.1. The summed E-state index contributed by atoms with van der Waals surface area (Å²) in [4.78, 5) is 36.4. The third-order valence-electron chi connectivity index (χ3n) is 3.36. The fourth-order valence-electron chi connectivity index (χ4n) is 2.23. The number of imide groups is 1. The molecular formula is C17H20N2O6. The number of nitrogens with one attached hydrogen (secondary N) is 1. The average Bonchev–Trinajstić information content (AvgIpc) is 2.83. The first-order valence-corrected chi connectivity index (χ1v) is 7.62. The van der Waals surface area contributed by atoms with Crippen molar-refractivity contribution in [3.8, 4) is 11.5 Å². The molecule has 0 unspecified atom stereocenters. The lowest BCUT2D eigenvalue weighted by Crippen LogP contribution is -2.36. The molecule has 8 heteroatoms. The standard InChI is InChI=1S/C17H20N2O6/c1-10(2)25-15-11(6-5-7-13(15)23-3)8-12-16(21)19(17(22)18-12)9-14(20)24-4/h5-8,10H,9H2,1-4H3,(H,18,22). The van der Waals surface area contributed by atoms with E-state index in [1.54, 1.807) is 18.2 Å². The molecule has 0 atom stereocenters. The van der Waals surface area contributed by atoms with Gasteiger partial charge in [-0.3, -0.25) is 9.59 Å². The summed E-state index contributed by atoms with van der Waals surface area (Å²) in [5.74, 6) is -0.337. The number of nitrogens with zero attached hydrogens (tertiary/aromatic N) is 1. The summed E-state index contributed by atoms with van der Waals surface area (Å²) in [5.41, 5.74) is 0.604. The van der Waals surface area contributed by atoms with Gasteiger partial charge in [-0.25, -0.2) is 9.69 Å². The van der Waals surface area contributed by atoms with Gasteiger partial charge in [0.15, 0.2) is 11.5 Å². The number of carbonyl (C=O) groups is 3. The number of methoxy groups -OCH3 is 2. The van der Waals surface area contributed by atoms with Gasteiger partial charge in [-0.2, -0.15) is 0 Å². The number of esters is 1. The first kappa shape index (κ1) is 18.3. The summed E-state index contributed by atoms with van der Waals surface area (Å²) in [6.45, 7) is 3.28. The highest BCUT2D eigenvalue weighted by Gasteiger charge is 2.35. The van der Waals surface area contributed by atoms with E-state index in [-0.39, 0.29) is 11.8 Å². The maximum absolute atomic E-state index is 12.4. The predicted octanol–water partition coefficient (Wildman–Crippen LogP) is 1.55. The zero-order chi connectivity index (χ0) is 18.6. The number of ether oxygens (including phenoxy) is 3. The Balaban J connectivity index is 2.36. The molecule has 1 aliphatic rings. The molecular weight excluding hydrogens is 328 g/mol. The molecule has 1 aromatic carbocycles. The summed E-state index contributed by atoms with van der Waals surface area (Å²) in [5, 5.41) is 2.44. The molecule has 0 radical (unpaired) electrons. The molecule has 1 aromatic rings. The summed E-state index contributed by atoms with van der Waals surface area (Å²) >= 11 is 0. The van der Waals surface area contributed by atoms with Gasteiger partial charge in [0.25, 0.3) is 5.91 Å². The Morgan fingerprint density at radius 2 is 2.00 bits per heavy atom. The molecule has 2 rings (SSSR count). The van der Waals surface area contributed by atoms with Gasteiger partial charge in [0, 0.05) is 5.56 Å². The van der Waals surface area contributed by atoms with Crippen molar-refractivity contribution in [2.24, 2.45) is 0 Å². The van der Waals surface area contributed by atoms with Crippen LogP contribution in [0.1, 0.15) is 19.4 Å². The molecule has 3 amide bonds. The van der Waals surface area contributed by atoms with E-state index in [0.29, 0.717) is 17.1 Å². The molecule has 8 nitrogen and oxygen atoms in total. The van der Waals surface area contributed by atoms with Crippen LogP contribution in [0.5, 0.6) is 11.5 Å². The van der Waals surface area contributed by atoms with Gasteiger partial charge in [-0.15, -0.1) is 0 Å². The van der Waals surface area contributed by atoms with E-state index in [4.69, 9.17) is 9.47 Å². The van der Waals surface area contributed by atoms with Gasteiger partial charge in [0.1, 0.15) is 12.2 Å². The third-order valence-corrected chi connectivity index (χ3v) is 3.36. The lowest BCUT2D eigenvalue weighted by molar-refractivity contribution is -0.143. The summed E-state index contributed by atoms with van der Waals surface area (Å²) in [7, 11) is 2.70. The van der Waals surface area contributed by atoms with Gasteiger partial charge in [-0.1, -0.05) is 12.1 Å². The van der Waals surface area contributed by atoms with Crippen LogP contribution in [0.2, 0.25) is 0 Å². The molecule has 0 aromatic heterocycles. The quantitative estimate of drug-likeness (QED) is 0.476. The Kier molecular flexibility index (Phi) is 5.63. The van der Waals surface area contributed by atoms with Crippen LogP contribution < -0.4 is 14.8 Å². The molecule has 0 bridgehead atoms. The Bertz CT molecular complexity index is 726. The number of hydrogen-bond acceptors (Lipinski definition) is 6. The normalized spacial score (nSPS) is 15.6. The highest BCUT2D eigenvalue weighted by molar-refractivity contribution is 6.15. The van der Waals surface area contributed by atoms with Gasteiger partial charge in [0.2, 0.25) is 0 Å². The highest BCUT2D eigenvalue weighted by Crippen LogP contribution is 2.33. The van der Waals surface area contributed by atoms with E-state index >= 15 is 0 Å². The molecule has 1 heterocycles. The molecule has 25 heavy (non-hydrogen) atoms. The van der Waals surface area contributed by atoms with E-state index in [0.717, 1.165) is 4.90 Å². The Morgan fingerprint density at radius 1 is 1.28 bits per heavy atom. The van der Waals surface area contributed by atoms with Crippen molar-refractivity contribution in [1.82, 2.24) is 10.2 Å². The van der Waals surface area contributed by atoms with Crippen molar-refractivity contribution in [3.63, 3.8) is 0 Å². The Morgan fingerprint density at radius 3 is 2.60 bits per heavy atom. The van der Waals surface area contributed by atoms with Crippen LogP contribution >= 0.6 is 0 Å². The van der Waals surface area contributed by atoms with Crippen LogP contribution in [0.3, 0.4) is 0 Å². The predicted molar refractivity (Wildman–Crippen MR) is 89.0 cm³/mol. The lowest BCUT2D eigenvalue weighted by Gasteiger charge is -2.16. The number of urea groups is 1. The molecule has 0 aliphatic carbocycles. The number of carbonyl (C=O) groups excluding carboxylic acids is 3. The summed E-state index contributed by atoms with van der Waals surface area (Å²) in [6.07, 6.45) is 1.37. The minimum absolute atomic E-state index is 0.0377. The second kappa shape index (κ2) is 7.69. The van der Waals surface area contributed by atoms with Crippen molar-refractivity contribution < 1.29 is 28.6 Å². The fourth-order valence-corrected chi connectivity index (χ4v) is 2.23. The zero-order valence-corrected chi connectivity index (χ0v) is 14.5. The summed E-state index contributed by atoms with van der Waals surface area (Å²) in [6, 6.07) is 4.52. The molecule has 1 fully saturated rings. The van der Waals surface area contributed by atoms with Gasteiger partial charge in [0.05, 0.1) is 20.3 Å². The Labute approximate surface area is 145 Å². The molecule has 0 saturated carbocycles. The van der Waals surface area contributed by atoms with Crippen molar-refractivity contribution in [1.29, 1.82) is 0 Å². The van der Waals surface area contributed by atoms with Gasteiger partial charge in [-0.05, 0) is 26.0 Å². The second-order valence-corrected chi connectivity index (χ2v) is 5.50. The van der Waals surface area contributed by atoms with Crippen LogP contribution in [-0.4, -0.2) is 49.7 Å². The number of rotatable bonds is 6. The van der Waals surface area contributed by atoms with Crippen molar-refractivity contribution in [2.45, 2.75) is 20.0 Å². The smallest absolute Gasteiger partial charge is 0.329 e. The summed E-state index contributed by atoms with van der Waals surface area (Å²) < 4.78 is 15.5. The minimum Gasteiger partial charge on any atom is -0.493 e. The van der Waals surface area contributed by atoms with Crippen LogP contribution in [0.25, 0.3) is 6.08 Å². The van der Waals surface area contributed by atoms with E-state index in [1.165, 1.54) is 20.3 Å². The maximum atomic E-state index is 12.4. The van der Waals surface area contributed by atoms with E-state index in [2.05, 4.69) is 10.1 Å². The van der Waals surface area contributed by atoms with E-state index in [1.807, 2.05) is 13.8 Å². The van der Waals surface area contributed by atoms with Crippen molar-refractivity contribution >= 4 is 24.0 Å². The molecule has 1 aliphatic heterocycles. The number of hydrogen-bond donors (Lipinski definition) is 1. The van der Waals surface area contributed by atoms with E-state index < -0.39 is 24.5 Å². The SMILES string of the molecule is COC(=O)CN1C(=O)NC(=Cc2cccc(OC)c2OC(C)C)C1=O. The Hall–Kier alpha value is -3.03. The maximum Gasteiger partial charge on any atom is 0.329 e. The van der Waals surface area contributed by atoms with Crippen molar-refractivity contribution in [2.75, 3.05) is 20.8 Å². The highest BCUT2D eigenvalue weighted by atomic mass is 16.5. The topological polar surface area (TPSA) is 94.2 Å². The zero-order valence-electron chi connectivity index (χ0n) is 14.5. The average molecular weight is 348 g/mol. The van der Waals surface area contributed by atoms with Crippen molar-refractivity contribution in [3.05, 3.63) is 29.5 Å². The second-order valence-electron chi connectivity index (χ2n) is 5.50. The van der Waals surface area contributed by atoms with Crippen LogP contribution in [0, 0.1) is 0 Å². The molecule has 1 saturated heterocycles. The van der Waals surface area contributed by atoms with Crippen LogP contribution in [0.15, 0.2) is 23.9 Å². The third kappa shape index (κ3) is 4.09. The van der Waals surface area contributed by atoms with Gasteiger partial charge < -0.3 is 19.5 Å². The monoisotopic (exact) mass is 348 g/mol. The minimum atomic E-state index is -0.685. The number of amides is 3. The van der Waals surface area contributed by atoms with Gasteiger partial charge >= 0.3 is 12.0 Å². The van der Waals surface area contributed by atoms with Crippen LogP contribution in [-0.2, 0) is 14.3 Å². The fraction of sp³-hybridized carbons (Fsp3) is 0.353. The first-order valence-electron chi connectivity index (χ1n) is 7.62. The molecule has 1 N–H and O–H groups in total. The van der Waals surface area contributed by atoms with E-state index in [9.17, 15) is 14.4 Å². The van der Waals surface area contributed by atoms with Crippen LogP contribution in [0.4, 0.5) is 4.79 Å². The number of benzene rings is 1. The molecule has 0 spiro atoms. The first-order chi connectivity index (χ1) is 11.9. The largest absolute Gasteiger partial charge is 0.493 e. The number of para-hydroxylation sites is 1. The molecule has 134 valence electrons.